The van der Waals surface area contributed by atoms with Crippen LogP contribution in [0.25, 0.3) is 0 Å². The van der Waals surface area contributed by atoms with Gasteiger partial charge in [-0.05, 0) is 26.2 Å². The summed E-state index contributed by atoms with van der Waals surface area (Å²) in [5.41, 5.74) is -1.37. The van der Waals surface area contributed by atoms with Crippen molar-refractivity contribution in [2.24, 2.45) is 0 Å². The van der Waals surface area contributed by atoms with Crippen LogP contribution in [0.3, 0.4) is 0 Å². The van der Waals surface area contributed by atoms with E-state index in [1.54, 1.807) is 6.92 Å². The maximum absolute atomic E-state index is 12.4. The molecule has 1 aliphatic rings. The van der Waals surface area contributed by atoms with Crippen molar-refractivity contribution in [2.45, 2.75) is 160 Å². The first-order chi connectivity index (χ1) is 23.7. The second-order valence-corrected chi connectivity index (χ2v) is 13.4. The minimum atomic E-state index is -3.05. The topological polar surface area (TPSA) is 195 Å². The molecule has 2 heterocycles. The number of nitrogens with zero attached hydrogens (tertiary/aromatic N) is 1. The van der Waals surface area contributed by atoms with Gasteiger partial charge in [0.2, 0.25) is 0 Å². The molecule has 280 valence electrons. The van der Waals surface area contributed by atoms with Gasteiger partial charge < -0.3 is 24.6 Å². The number of aliphatic hydroxyl groups excluding tert-OH is 1. The molecule has 0 aromatic carbocycles. The van der Waals surface area contributed by atoms with Crippen molar-refractivity contribution in [3.63, 3.8) is 0 Å². The monoisotopic (exact) mass is 716 g/mol. The van der Waals surface area contributed by atoms with Gasteiger partial charge in [0.1, 0.15) is 12.2 Å². The molecule has 1 aromatic rings. The zero-order chi connectivity index (χ0) is 35.9. The van der Waals surface area contributed by atoms with E-state index in [0.717, 1.165) is 42.7 Å². The van der Waals surface area contributed by atoms with Crippen molar-refractivity contribution < 1.29 is 42.9 Å². The summed E-state index contributed by atoms with van der Waals surface area (Å²) in [6.07, 6.45) is 15.2. The van der Waals surface area contributed by atoms with Gasteiger partial charge in [-0.3, -0.25) is 23.9 Å². The minimum Gasteiger partial charge on any atom is -0.453 e. The van der Waals surface area contributed by atoms with Crippen LogP contribution in [0.4, 0.5) is 0 Å². The molecule has 4 N–H and O–H groups in total. The van der Waals surface area contributed by atoms with Gasteiger partial charge in [0.15, 0.2) is 18.4 Å². The van der Waals surface area contributed by atoms with Gasteiger partial charge in [-0.15, -0.1) is 9.42 Å². The Morgan fingerprint density at radius 2 is 1.53 bits per heavy atom. The number of aromatic amines is 1. The number of esters is 1. The van der Waals surface area contributed by atoms with Crippen LogP contribution in [-0.2, 0) is 32.9 Å². The van der Waals surface area contributed by atoms with E-state index in [4.69, 9.17) is 18.7 Å². The number of aromatic nitrogens is 2. The van der Waals surface area contributed by atoms with E-state index in [-0.39, 0.29) is 18.5 Å². The first-order valence-electron chi connectivity index (χ1n) is 18.2. The molecule has 0 spiro atoms. The lowest BCUT2D eigenvalue weighted by Gasteiger charge is -2.22. The minimum absolute atomic E-state index is 0.196. The largest absolute Gasteiger partial charge is 0.695 e. The summed E-state index contributed by atoms with van der Waals surface area (Å²) in [5, 5.41) is 12.5. The molecular weight excluding hydrogens is 657 g/mol. The first-order valence-corrected chi connectivity index (χ1v) is 19.3. The molecular formula is C34H59N3O11P+. The number of amides is 1. The van der Waals surface area contributed by atoms with Crippen LogP contribution in [0.5, 0.6) is 0 Å². The van der Waals surface area contributed by atoms with E-state index in [1.165, 1.54) is 70.4 Å². The second-order valence-electron chi connectivity index (χ2n) is 12.7. The molecule has 6 atom stereocenters. The highest BCUT2D eigenvalue weighted by atomic mass is 31.1. The number of carbonyl (C=O) groups is 2. The van der Waals surface area contributed by atoms with Crippen LogP contribution < -0.4 is 16.6 Å². The number of ether oxygens (including phenoxy) is 3. The smallest absolute Gasteiger partial charge is 0.453 e. The van der Waals surface area contributed by atoms with E-state index in [9.17, 15) is 33.7 Å². The molecule has 1 saturated heterocycles. The molecule has 0 bridgehead atoms. The number of hydrogen-bond acceptors (Lipinski definition) is 10. The molecule has 2 rings (SSSR count). The number of H-pyrrole nitrogens is 1. The molecule has 0 aliphatic carbocycles. The predicted molar refractivity (Wildman–Crippen MR) is 184 cm³/mol. The van der Waals surface area contributed by atoms with Gasteiger partial charge in [-0.2, -0.15) is 0 Å². The molecule has 1 aromatic heterocycles. The average molecular weight is 717 g/mol. The van der Waals surface area contributed by atoms with E-state index in [0.29, 0.717) is 25.8 Å². The standard InChI is InChI=1S/C34H58N3O11P/c1-3-4-5-6-7-8-9-10-11-12-13-14-17-20-29(40)46-26(2)32(41)35-22-18-15-16-19-24-45-31-30(48-49(43)44)27(25-38)47-33(31)37-23-21-28(39)36-34(37)42/h21,23,26-27,30-31,33,38H,3-20,22,24-25H2,1-2H3,(H2-,35,36,39,41,42,43,44)/p+1/t26-,27-,30?,31?,33-/m1/s1. The number of rotatable bonds is 28. The highest BCUT2D eigenvalue weighted by molar-refractivity contribution is 7.32. The number of unbranched alkanes of at least 4 members (excludes halogenated alkanes) is 15. The average Bonchev–Trinajstić information content (AvgIpc) is 3.40. The maximum atomic E-state index is 12.4. The third kappa shape index (κ3) is 17.3. The van der Waals surface area contributed by atoms with Gasteiger partial charge in [-0.1, -0.05) is 96.8 Å². The summed E-state index contributed by atoms with van der Waals surface area (Å²) in [5.74, 6) is -0.687. The highest BCUT2D eigenvalue weighted by Gasteiger charge is 2.51. The van der Waals surface area contributed by atoms with E-state index >= 15 is 0 Å². The molecule has 15 heteroatoms. The summed E-state index contributed by atoms with van der Waals surface area (Å²) in [7, 11) is -3.05. The van der Waals surface area contributed by atoms with Crippen LogP contribution >= 0.6 is 8.25 Å². The Morgan fingerprint density at radius 1 is 0.939 bits per heavy atom. The lowest BCUT2D eigenvalue weighted by molar-refractivity contribution is -0.154. The van der Waals surface area contributed by atoms with Gasteiger partial charge in [0, 0.05) is 36.4 Å². The fourth-order valence-electron chi connectivity index (χ4n) is 5.87. The number of nitrogens with one attached hydrogen (secondary N) is 2. The lowest BCUT2D eigenvalue weighted by atomic mass is 10.0. The second kappa shape index (κ2) is 25.5. The molecule has 1 fully saturated rings. The predicted octanol–water partition coefficient (Wildman–Crippen LogP) is 4.94. The van der Waals surface area contributed by atoms with Crippen LogP contribution in [0.2, 0.25) is 0 Å². The van der Waals surface area contributed by atoms with E-state index in [1.807, 2.05) is 0 Å². The van der Waals surface area contributed by atoms with Gasteiger partial charge in [0.05, 0.1) is 6.61 Å². The zero-order valence-electron chi connectivity index (χ0n) is 29.4. The van der Waals surface area contributed by atoms with Crippen molar-refractivity contribution >= 4 is 20.1 Å². The van der Waals surface area contributed by atoms with E-state index < -0.39 is 56.8 Å². The van der Waals surface area contributed by atoms with Crippen molar-refractivity contribution in [3.8, 4) is 0 Å². The van der Waals surface area contributed by atoms with Crippen LogP contribution in [0.15, 0.2) is 21.9 Å². The lowest BCUT2D eigenvalue weighted by Crippen LogP contribution is -2.40. The summed E-state index contributed by atoms with van der Waals surface area (Å²) < 4.78 is 34.5. The Bertz CT molecular complexity index is 1210. The fourth-order valence-corrected chi connectivity index (χ4v) is 6.33. The normalized spacial score (nSPS) is 19.9. The van der Waals surface area contributed by atoms with Gasteiger partial charge in [-0.25, -0.2) is 4.79 Å². The summed E-state index contributed by atoms with van der Waals surface area (Å²) in [4.78, 5) is 59.8. The Kier molecular flexibility index (Phi) is 22.2. The van der Waals surface area contributed by atoms with Crippen molar-refractivity contribution in [1.82, 2.24) is 14.9 Å². The van der Waals surface area contributed by atoms with Crippen molar-refractivity contribution in [2.75, 3.05) is 19.8 Å². The summed E-state index contributed by atoms with van der Waals surface area (Å²) in [6, 6.07) is 1.13. The van der Waals surface area contributed by atoms with Gasteiger partial charge >= 0.3 is 19.9 Å². The summed E-state index contributed by atoms with van der Waals surface area (Å²) in [6.45, 7) is 3.88. The third-order valence-corrected chi connectivity index (χ3v) is 9.07. The molecule has 0 radical (unpaired) electrons. The van der Waals surface area contributed by atoms with Crippen LogP contribution in [0, 0.1) is 0 Å². The van der Waals surface area contributed by atoms with Crippen LogP contribution in [0.1, 0.15) is 136 Å². The Balaban J connectivity index is 1.56. The SMILES string of the molecule is CCCCCCCCCCCCCCCC(=O)O[C@H](C)C(=O)NCCCCCCOC1C(O[P+](=O)O)[C@@H](CO)O[C@H]1n1ccc(=O)[nH]c1=O. The molecule has 1 aliphatic heterocycles. The summed E-state index contributed by atoms with van der Waals surface area (Å²) >= 11 is 0. The van der Waals surface area contributed by atoms with Gasteiger partial charge in [0.25, 0.3) is 11.5 Å². The molecule has 1 amide bonds. The Hall–Kier alpha value is -2.48. The quantitative estimate of drug-likeness (QED) is 0.0521. The van der Waals surface area contributed by atoms with Crippen molar-refractivity contribution in [3.05, 3.63) is 33.1 Å². The van der Waals surface area contributed by atoms with E-state index in [2.05, 4.69) is 17.2 Å². The Morgan fingerprint density at radius 3 is 2.12 bits per heavy atom. The first kappa shape index (κ1) is 42.7. The molecule has 14 nitrogen and oxygen atoms in total. The molecule has 49 heavy (non-hydrogen) atoms. The third-order valence-electron chi connectivity index (χ3n) is 8.65. The number of aliphatic hydroxyl groups is 1. The van der Waals surface area contributed by atoms with Crippen molar-refractivity contribution in [1.29, 1.82) is 0 Å². The number of carbonyl (C=O) groups excluding carboxylic acids is 2. The number of hydrogen-bond donors (Lipinski definition) is 4. The van der Waals surface area contributed by atoms with Crippen LogP contribution in [-0.4, -0.2) is 75.6 Å². The highest BCUT2D eigenvalue weighted by Crippen LogP contribution is 2.37. The zero-order valence-corrected chi connectivity index (χ0v) is 30.2. The maximum Gasteiger partial charge on any atom is 0.695 e. The Labute approximate surface area is 290 Å². The fraction of sp³-hybridized carbons (Fsp3) is 0.824. The molecule has 0 saturated carbocycles. The molecule has 3 unspecified atom stereocenters.